The summed E-state index contributed by atoms with van der Waals surface area (Å²) in [5.41, 5.74) is 1.06. The van der Waals surface area contributed by atoms with E-state index in [4.69, 9.17) is 4.74 Å². The minimum Gasteiger partial charge on any atom is -0.494 e. The van der Waals surface area contributed by atoms with Gasteiger partial charge in [0.1, 0.15) is 5.75 Å². The van der Waals surface area contributed by atoms with Crippen LogP contribution in [0.4, 0.5) is 0 Å². The summed E-state index contributed by atoms with van der Waals surface area (Å²) in [6, 6.07) is 7.51. The van der Waals surface area contributed by atoms with Gasteiger partial charge in [0.25, 0.3) is 5.91 Å². The standard InChI is InChI=1S/C21H33NO2/c1-4-5-6-7-15-24-19-12-10-17(11-13-19)20(23)22-16-18-9-8-14-21(18,2)3/h10-13,18H,4-9,14-16H2,1-3H3,(H,22,23)/t18-/m1/s1. The molecule has 3 nitrogen and oxygen atoms in total. The number of hydrogen-bond donors (Lipinski definition) is 1. The van der Waals surface area contributed by atoms with Gasteiger partial charge in [-0.1, -0.05) is 46.5 Å². The Morgan fingerprint density at radius 1 is 1.21 bits per heavy atom. The van der Waals surface area contributed by atoms with Crippen molar-refractivity contribution in [2.24, 2.45) is 11.3 Å². The zero-order chi connectivity index (χ0) is 17.4. The van der Waals surface area contributed by atoms with Crippen molar-refractivity contribution in [3.63, 3.8) is 0 Å². The van der Waals surface area contributed by atoms with Gasteiger partial charge in [-0.25, -0.2) is 0 Å². The van der Waals surface area contributed by atoms with Crippen LogP contribution in [0.2, 0.25) is 0 Å². The Morgan fingerprint density at radius 2 is 1.96 bits per heavy atom. The van der Waals surface area contributed by atoms with Gasteiger partial charge < -0.3 is 10.1 Å². The second-order valence-electron chi connectivity index (χ2n) is 7.72. The number of rotatable bonds is 9. The van der Waals surface area contributed by atoms with E-state index in [0.717, 1.165) is 25.3 Å². The molecule has 1 amide bonds. The Hall–Kier alpha value is -1.51. The number of nitrogens with one attached hydrogen (secondary N) is 1. The maximum absolute atomic E-state index is 12.3. The predicted octanol–water partition coefficient (Wildman–Crippen LogP) is 5.20. The molecular formula is C21H33NO2. The van der Waals surface area contributed by atoms with E-state index in [1.54, 1.807) is 0 Å². The molecule has 0 saturated heterocycles. The van der Waals surface area contributed by atoms with Crippen molar-refractivity contribution in [2.75, 3.05) is 13.2 Å². The minimum atomic E-state index is 0.0206. The van der Waals surface area contributed by atoms with E-state index in [2.05, 4.69) is 26.1 Å². The lowest BCUT2D eigenvalue weighted by Crippen LogP contribution is -2.33. The lowest BCUT2D eigenvalue weighted by Gasteiger charge is -2.27. The summed E-state index contributed by atoms with van der Waals surface area (Å²) in [6.07, 6.45) is 8.57. The first kappa shape index (κ1) is 18.8. The zero-order valence-electron chi connectivity index (χ0n) is 15.6. The number of carbonyl (C=O) groups is 1. The first-order valence-corrected chi connectivity index (χ1v) is 9.54. The summed E-state index contributed by atoms with van der Waals surface area (Å²) in [4.78, 5) is 12.3. The molecule has 24 heavy (non-hydrogen) atoms. The SMILES string of the molecule is CCCCCCOc1ccc(C(=O)NC[C@H]2CCCC2(C)C)cc1. The first-order chi connectivity index (χ1) is 11.5. The van der Waals surface area contributed by atoms with E-state index >= 15 is 0 Å². The number of amides is 1. The molecule has 2 rings (SSSR count). The van der Waals surface area contributed by atoms with Crippen molar-refractivity contribution in [1.82, 2.24) is 5.32 Å². The Balaban J connectivity index is 1.74. The van der Waals surface area contributed by atoms with Crippen LogP contribution in [0.5, 0.6) is 5.75 Å². The van der Waals surface area contributed by atoms with Gasteiger partial charge in [-0.2, -0.15) is 0 Å². The fourth-order valence-corrected chi connectivity index (χ4v) is 3.52. The average molecular weight is 332 g/mol. The molecule has 1 aliphatic carbocycles. The van der Waals surface area contributed by atoms with Crippen molar-refractivity contribution in [2.45, 2.75) is 65.7 Å². The average Bonchev–Trinajstić information content (AvgIpc) is 2.91. The van der Waals surface area contributed by atoms with Crippen molar-refractivity contribution in [1.29, 1.82) is 0 Å². The van der Waals surface area contributed by atoms with Crippen LogP contribution in [0.15, 0.2) is 24.3 Å². The summed E-state index contributed by atoms with van der Waals surface area (Å²) in [7, 11) is 0. The van der Waals surface area contributed by atoms with E-state index in [-0.39, 0.29) is 5.91 Å². The third kappa shape index (κ3) is 5.54. The molecule has 1 N–H and O–H groups in total. The van der Waals surface area contributed by atoms with Gasteiger partial charge in [0.05, 0.1) is 6.61 Å². The van der Waals surface area contributed by atoms with Gasteiger partial charge in [-0.15, -0.1) is 0 Å². The molecule has 1 saturated carbocycles. The molecule has 0 radical (unpaired) electrons. The molecule has 1 fully saturated rings. The van der Waals surface area contributed by atoms with Gasteiger partial charge in [0, 0.05) is 12.1 Å². The quantitative estimate of drug-likeness (QED) is 0.631. The van der Waals surface area contributed by atoms with Crippen molar-refractivity contribution in [3.05, 3.63) is 29.8 Å². The van der Waals surface area contributed by atoms with Gasteiger partial charge in [-0.3, -0.25) is 4.79 Å². The highest BCUT2D eigenvalue weighted by Crippen LogP contribution is 2.42. The number of carbonyl (C=O) groups excluding carboxylic acids is 1. The van der Waals surface area contributed by atoms with E-state index < -0.39 is 0 Å². The smallest absolute Gasteiger partial charge is 0.251 e. The van der Waals surface area contributed by atoms with Crippen LogP contribution in [0, 0.1) is 11.3 Å². The second-order valence-corrected chi connectivity index (χ2v) is 7.72. The lowest BCUT2D eigenvalue weighted by atomic mass is 9.82. The van der Waals surface area contributed by atoms with Crippen LogP contribution >= 0.6 is 0 Å². The molecular weight excluding hydrogens is 298 g/mol. The fourth-order valence-electron chi connectivity index (χ4n) is 3.52. The monoisotopic (exact) mass is 331 g/mol. The highest BCUT2D eigenvalue weighted by Gasteiger charge is 2.34. The molecule has 1 aromatic carbocycles. The predicted molar refractivity (Wildman–Crippen MR) is 99.5 cm³/mol. The minimum absolute atomic E-state index is 0.0206. The van der Waals surface area contributed by atoms with Crippen LogP contribution in [0.1, 0.15) is 76.1 Å². The molecule has 0 spiro atoms. The van der Waals surface area contributed by atoms with Crippen LogP contribution in [0.25, 0.3) is 0 Å². The Kier molecular flexibility index (Phi) is 7.14. The summed E-state index contributed by atoms with van der Waals surface area (Å²) in [5, 5.41) is 3.10. The fraction of sp³-hybridized carbons (Fsp3) is 0.667. The first-order valence-electron chi connectivity index (χ1n) is 9.54. The maximum Gasteiger partial charge on any atom is 0.251 e. The number of ether oxygens (including phenoxy) is 1. The zero-order valence-corrected chi connectivity index (χ0v) is 15.6. The molecule has 3 heteroatoms. The normalized spacial score (nSPS) is 19.2. The van der Waals surface area contributed by atoms with Crippen molar-refractivity contribution < 1.29 is 9.53 Å². The molecule has 1 atom stereocenters. The van der Waals surface area contributed by atoms with Gasteiger partial charge in [0.2, 0.25) is 0 Å². The van der Waals surface area contributed by atoms with Gasteiger partial charge >= 0.3 is 0 Å². The molecule has 0 bridgehead atoms. The Bertz CT molecular complexity index is 507. The topological polar surface area (TPSA) is 38.3 Å². The van der Waals surface area contributed by atoms with E-state index in [1.807, 2.05) is 24.3 Å². The molecule has 0 unspecified atom stereocenters. The van der Waals surface area contributed by atoms with Crippen LogP contribution in [0.3, 0.4) is 0 Å². The molecule has 0 heterocycles. The summed E-state index contributed by atoms with van der Waals surface area (Å²) >= 11 is 0. The Morgan fingerprint density at radius 3 is 2.58 bits per heavy atom. The van der Waals surface area contributed by atoms with E-state index in [9.17, 15) is 4.79 Å². The van der Waals surface area contributed by atoms with Crippen LogP contribution in [-0.2, 0) is 0 Å². The molecule has 0 aromatic heterocycles. The summed E-state index contributed by atoms with van der Waals surface area (Å²) in [5.74, 6) is 1.46. The summed E-state index contributed by atoms with van der Waals surface area (Å²) < 4.78 is 5.72. The van der Waals surface area contributed by atoms with Crippen LogP contribution in [-0.4, -0.2) is 19.1 Å². The number of hydrogen-bond acceptors (Lipinski definition) is 2. The maximum atomic E-state index is 12.3. The van der Waals surface area contributed by atoms with Crippen molar-refractivity contribution >= 4 is 5.91 Å². The molecule has 0 aliphatic heterocycles. The highest BCUT2D eigenvalue weighted by atomic mass is 16.5. The van der Waals surface area contributed by atoms with E-state index in [1.165, 1.54) is 38.5 Å². The van der Waals surface area contributed by atoms with E-state index in [0.29, 0.717) is 16.9 Å². The number of unbranched alkanes of at least 4 members (excludes halogenated alkanes) is 3. The van der Waals surface area contributed by atoms with Crippen molar-refractivity contribution in [3.8, 4) is 5.75 Å². The molecule has 1 aromatic rings. The second kappa shape index (κ2) is 9.10. The third-order valence-corrected chi connectivity index (χ3v) is 5.37. The Labute approximate surface area is 147 Å². The summed E-state index contributed by atoms with van der Waals surface area (Å²) in [6.45, 7) is 8.36. The lowest BCUT2D eigenvalue weighted by molar-refractivity contribution is 0.0937. The highest BCUT2D eigenvalue weighted by molar-refractivity contribution is 5.94. The largest absolute Gasteiger partial charge is 0.494 e. The van der Waals surface area contributed by atoms with Gasteiger partial charge in [0.15, 0.2) is 0 Å². The van der Waals surface area contributed by atoms with Gasteiger partial charge in [-0.05, 0) is 54.9 Å². The molecule has 1 aliphatic rings. The third-order valence-electron chi connectivity index (χ3n) is 5.37. The number of benzene rings is 1. The molecule has 134 valence electrons. The van der Waals surface area contributed by atoms with Crippen LogP contribution < -0.4 is 10.1 Å².